The molecule has 0 saturated carbocycles. The number of rotatable bonds is 4. The van der Waals surface area contributed by atoms with E-state index >= 15 is 0 Å². The van der Waals surface area contributed by atoms with Gasteiger partial charge in [0.15, 0.2) is 0 Å². The van der Waals surface area contributed by atoms with Gasteiger partial charge in [0, 0.05) is 32.6 Å². The number of carbonyl (C=O) groups is 1. The van der Waals surface area contributed by atoms with Gasteiger partial charge in [0.2, 0.25) is 0 Å². The molecule has 2 heterocycles. The topological polar surface area (TPSA) is 44.9 Å². The van der Waals surface area contributed by atoms with Gasteiger partial charge in [-0.3, -0.25) is 4.79 Å². The molecule has 2 N–H and O–H groups in total. The van der Waals surface area contributed by atoms with Gasteiger partial charge in [0.05, 0.1) is 0 Å². The number of halogens is 2. The second-order valence-corrected chi connectivity index (χ2v) is 7.29. The average molecular weight is 428 g/mol. The van der Waals surface area contributed by atoms with Crippen molar-refractivity contribution in [1.29, 1.82) is 0 Å². The number of hydrogen-bond acceptors (Lipinski definition) is 2. The molecule has 0 atom stereocenters. The van der Waals surface area contributed by atoms with Crippen LogP contribution < -0.4 is 5.32 Å². The number of thiophene rings is 1. The molecule has 0 bridgehead atoms. The van der Waals surface area contributed by atoms with Gasteiger partial charge in [-0.1, -0.05) is 15.9 Å². The van der Waals surface area contributed by atoms with Crippen molar-refractivity contribution in [3.05, 3.63) is 55.2 Å². The molecule has 6 heteroatoms. The lowest BCUT2D eigenvalue weighted by molar-refractivity contribution is 0.0957. The number of benzene rings is 1. The summed E-state index contributed by atoms with van der Waals surface area (Å²) in [6, 6.07) is 8.04. The van der Waals surface area contributed by atoms with Gasteiger partial charge >= 0.3 is 0 Å². The fraction of sp³-hybridized carbons (Fsp3) is 0.133. The lowest BCUT2D eigenvalue weighted by Crippen LogP contribution is -2.25. The molecule has 1 amide bonds. The summed E-state index contributed by atoms with van der Waals surface area (Å²) in [6.07, 6.45) is 2.80. The van der Waals surface area contributed by atoms with E-state index in [1.165, 1.54) is 22.3 Å². The Morgan fingerprint density at radius 1 is 1.29 bits per heavy atom. The summed E-state index contributed by atoms with van der Waals surface area (Å²) >= 11 is 8.31. The lowest BCUT2D eigenvalue weighted by atomic mass is 10.1. The van der Waals surface area contributed by atoms with Crippen molar-refractivity contribution in [2.45, 2.75) is 6.42 Å². The van der Waals surface area contributed by atoms with E-state index in [-0.39, 0.29) is 5.91 Å². The highest BCUT2D eigenvalue weighted by atomic mass is 79.9. The van der Waals surface area contributed by atoms with Crippen LogP contribution in [0.4, 0.5) is 0 Å². The molecule has 0 fully saturated rings. The summed E-state index contributed by atoms with van der Waals surface area (Å²) in [5, 5.41) is 6.05. The molecule has 21 heavy (non-hydrogen) atoms. The molecule has 0 aliphatic heterocycles. The van der Waals surface area contributed by atoms with Crippen LogP contribution in [0.25, 0.3) is 10.9 Å². The van der Waals surface area contributed by atoms with Crippen molar-refractivity contribution in [3.8, 4) is 0 Å². The Kier molecular flexibility index (Phi) is 4.47. The average Bonchev–Trinajstić information content (AvgIpc) is 3.05. The Morgan fingerprint density at radius 3 is 2.90 bits per heavy atom. The summed E-state index contributed by atoms with van der Waals surface area (Å²) in [7, 11) is 0. The second kappa shape index (κ2) is 6.34. The molecule has 2 aromatic heterocycles. The molecule has 0 spiro atoms. The summed E-state index contributed by atoms with van der Waals surface area (Å²) < 4.78 is 1.91. The summed E-state index contributed by atoms with van der Waals surface area (Å²) in [5.41, 5.74) is 2.32. The van der Waals surface area contributed by atoms with Crippen LogP contribution in [-0.2, 0) is 6.42 Å². The normalized spacial score (nSPS) is 11.0. The van der Waals surface area contributed by atoms with Crippen molar-refractivity contribution in [3.63, 3.8) is 0 Å². The summed E-state index contributed by atoms with van der Waals surface area (Å²) in [6.45, 7) is 0.614. The zero-order chi connectivity index (χ0) is 14.8. The molecule has 3 aromatic rings. The van der Waals surface area contributed by atoms with Crippen molar-refractivity contribution in [2.24, 2.45) is 0 Å². The summed E-state index contributed by atoms with van der Waals surface area (Å²) in [4.78, 5) is 16.0. The van der Waals surface area contributed by atoms with Gasteiger partial charge < -0.3 is 10.3 Å². The Morgan fingerprint density at radius 2 is 2.14 bits per heavy atom. The molecule has 1 aromatic carbocycles. The minimum atomic E-state index is -0.0297. The number of fused-ring (bicyclic) bond motifs is 1. The number of hydrogen-bond donors (Lipinski definition) is 2. The van der Waals surface area contributed by atoms with Crippen LogP contribution in [-0.4, -0.2) is 17.4 Å². The number of H-pyrrole nitrogens is 1. The number of carbonyl (C=O) groups excluding carboxylic acids is 1. The first-order valence-electron chi connectivity index (χ1n) is 6.42. The van der Waals surface area contributed by atoms with Crippen LogP contribution in [0.15, 0.2) is 44.8 Å². The third kappa shape index (κ3) is 3.22. The van der Waals surface area contributed by atoms with Gasteiger partial charge in [-0.25, -0.2) is 0 Å². The van der Waals surface area contributed by atoms with E-state index in [1.807, 2.05) is 29.8 Å². The van der Waals surface area contributed by atoms with E-state index in [0.29, 0.717) is 6.54 Å². The third-order valence-corrected chi connectivity index (χ3v) is 5.56. The van der Waals surface area contributed by atoms with Crippen LogP contribution in [0.1, 0.15) is 15.2 Å². The maximum absolute atomic E-state index is 12.0. The molecule has 0 aliphatic carbocycles. The van der Waals surface area contributed by atoms with Crippen molar-refractivity contribution in [1.82, 2.24) is 10.3 Å². The molecule has 0 radical (unpaired) electrons. The maximum atomic E-state index is 12.0. The number of aromatic nitrogens is 1. The molecule has 0 saturated heterocycles. The van der Waals surface area contributed by atoms with E-state index in [4.69, 9.17) is 0 Å². The van der Waals surface area contributed by atoms with Crippen LogP contribution in [0.2, 0.25) is 0 Å². The third-order valence-electron chi connectivity index (χ3n) is 3.23. The van der Waals surface area contributed by atoms with Gasteiger partial charge in [-0.05, 0) is 57.6 Å². The minimum absolute atomic E-state index is 0.0297. The fourth-order valence-corrected chi connectivity index (χ4v) is 4.03. The second-order valence-electron chi connectivity index (χ2n) is 4.61. The van der Waals surface area contributed by atoms with Crippen LogP contribution >= 0.6 is 43.2 Å². The molecule has 0 unspecified atom stereocenters. The largest absolute Gasteiger partial charge is 0.361 e. The molecular formula is C15H12Br2N2OS. The SMILES string of the molecule is O=C(NCCc1c[nH]c2ccc(Br)cc12)c1sccc1Br. The van der Waals surface area contributed by atoms with E-state index < -0.39 is 0 Å². The van der Waals surface area contributed by atoms with Crippen molar-refractivity contribution < 1.29 is 4.79 Å². The van der Waals surface area contributed by atoms with Crippen molar-refractivity contribution >= 4 is 60.0 Å². The Labute approximate surface area is 143 Å². The smallest absolute Gasteiger partial charge is 0.262 e. The maximum Gasteiger partial charge on any atom is 0.262 e. The first-order valence-corrected chi connectivity index (χ1v) is 8.88. The first-order chi connectivity index (χ1) is 10.1. The fourth-order valence-electron chi connectivity index (χ4n) is 2.20. The Hall–Kier alpha value is -1.11. The lowest BCUT2D eigenvalue weighted by Gasteiger charge is -2.04. The number of aromatic amines is 1. The van der Waals surface area contributed by atoms with Gasteiger partial charge in [0.25, 0.3) is 5.91 Å². The highest BCUT2D eigenvalue weighted by Gasteiger charge is 2.11. The zero-order valence-corrected chi connectivity index (χ0v) is 14.9. The van der Waals surface area contributed by atoms with E-state index in [2.05, 4.69) is 48.2 Å². The monoisotopic (exact) mass is 426 g/mol. The van der Waals surface area contributed by atoms with E-state index in [0.717, 1.165) is 25.8 Å². The predicted octanol–water partition coefficient (Wildman–Crippen LogP) is 4.73. The Bertz CT molecular complexity index is 794. The molecule has 3 rings (SSSR count). The van der Waals surface area contributed by atoms with Crippen LogP contribution in [0.3, 0.4) is 0 Å². The number of nitrogens with one attached hydrogen (secondary N) is 2. The van der Waals surface area contributed by atoms with E-state index in [1.54, 1.807) is 0 Å². The van der Waals surface area contributed by atoms with Gasteiger partial charge in [-0.15, -0.1) is 11.3 Å². The van der Waals surface area contributed by atoms with Crippen LogP contribution in [0.5, 0.6) is 0 Å². The molecule has 108 valence electrons. The highest BCUT2D eigenvalue weighted by Crippen LogP contribution is 2.24. The minimum Gasteiger partial charge on any atom is -0.361 e. The van der Waals surface area contributed by atoms with Gasteiger partial charge in [0.1, 0.15) is 4.88 Å². The highest BCUT2D eigenvalue weighted by molar-refractivity contribution is 9.10. The standard InChI is InChI=1S/C15H12Br2N2OS/c16-10-1-2-13-11(7-10)9(8-19-13)3-5-18-15(20)14-12(17)4-6-21-14/h1-2,4,6-8,19H,3,5H2,(H,18,20). The first kappa shape index (κ1) is 14.8. The quantitative estimate of drug-likeness (QED) is 0.621. The molecule has 3 nitrogen and oxygen atoms in total. The predicted molar refractivity (Wildman–Crippen MR) is 94.1 cm³/mol. The summed E-state index contributed by atoms with van der Waals surface area (Å²) in [5.74, 6) is -0.0297. The Balaban J connectivity index is 1.66. The molecule has 0 aliphatic rings. The number of amides is 1. The zero-order valence-electron chi connectivity index (χ0n) is 11.0. The van der Waals surface area contributed by atoms with Crippen LogP contribution in [0, 0.1) is 0 Å². The molecular weight excluding hydrogens is 416 g/mol. The van der Waals surface area contributed by atoms with Gasteiger partial charge in [-0.2, -0.15) is 0 Å². The van der Waals surface area contributed by atoms with Crippen molar-refractivity contribution in [2.75, 3.05) is 6.54 Å². The van der Waals surface area contributed by atoms with E-state index in [9.17, 15) is 4.79 Å².